The van der Waals surface area contributed by atoms with Crippen LogP contribution in [0.2, 0.25) is 0 Å². The zero-order valence-corrected chi connectivity index (χ0v) is 10.2. The zero-order valence-electron chi connectivity index (χ0n) is 9.35. The Morgan fingerprint density at radius 1 is 1.44 bits per heavy atom. The summed E-state index contributed by atoms with van der Waals surface area (Å²) in [5, 5.41) is 6.82. The largest absolute Gasteiger partial charge is 0.391 e. The van der Waals surface area contributed by atoms with Crippen molar-refractivity contribution in [3.63, 3.8) is 0 Å². The monoisotopic (exact) mass is 236 g/mol. The van der Waals surface area contributed by atoms with Crippen molar-refractivity contribution in [1.29, 1.82) is 0 Å². The second-order valence-corrected chi connectivity index (χ2v) is 3.72. The maximum Gasteiger partial charge on any atom is 0.142 e. The summed E-state index contributed by atoms with van der Waals surface area (Å²) in [6.07, 6.45) is 2.56. The molecule has 0 atom stereocenters. The third-order valence-electron chi connectivity index (χ3n) is 1.87. The molecule has 0 saturated carbocycles. The molecule has 0 spiro atoms. The van der Waals surface area contributed by atoms with Gasteiger partial charge in [-0.05, 0) is 12.0 Å². The Balaban J connectivity index is 2.20. The number of hydrogen-bond donors (Lipinski definition) is 1. The van der Waals surface area contributed by atoms with E-state index in [1.165, 1.54) is 6.21 Å². The van der Waals surface area contributed by atoms with Crippen LogP contribution in [-0.2, 0) is 11.4 Å². The SMILES string of the molecule is CCCNC(=S)/C=N/OCc1ccccc1. The average Bonchev–Trinajstić information content (AvgIpc) is 2.33. The van der Waals surface area contributed by atoms with E-state index in [0.29, 0.717) is 11.6 Å². The van der Waals surface area contributed by atoms with Gasteiger partial charge in [-0.2, -0.15) is 0 Å². The summed E-state index contributed by atoms with van der Waals surface area (Å²) >= 11 is 5.01. The first-order valence-corrected chi connectivity index (χ1v) is 5.71. The summed E-state index contributed by atoms with van der Waals surface area (Å²) in [4.78, 5) is 5.72. The third kappa shape index (κ3) is 5.46. The first kappa shape index (κ1) is 12.6. The van der Waals surface area contributed by atoms with E-state index >= 15 is 0 Å². The summed E-state index contributed by atoms with van der Waals surface area (Å²) in [7, 11) is 0. The second-order valence-electron chi connectivity index (χ2n) is 3.28. The Kier molecular flexibility index (Phi) is 6.18. The van der Waals surface area contributed by atoms with Crippen LogP contribution in [0.15, 0.2) is 35.5 Å². The lowest BCUT2D eigenvalue weighted by Crippen LogP contribution is -2.22. The molecule has 1 rings (SSSR count). The molecule has 0 bridgehead atoms. The van der Waals surface area contributed by atoms with Crippen molar-refractivity contribution in [2.75, 3.05) is 6.54 Å². The second kappa shape index (κ2) is 7.82. The van der Waals surface area contributed by atoms with Gasteiger partial charge >= 0.3 is 0 Å². The van der Waals surface area contributed by atoms with Gasteiger partial charge in [-0.25, -0.2) is 0 Å². The number of rotatable bonds is 6. The number of benzene rings is 1. The van der Waals surface area contributed by atoms with Crippen LogP contribution in [0.1, 0.15) is 18.9 Å². The molecule has 0 aliphatic heterocycles. The smallest absolute Gasteiger partial charge is 0.142 e. The maximum absolute atomic E-state index is 5.11. The summed E-state index contributed by atoms with van der Waals surface area (Å²) in [5.74, 6) is 0. The van der Waals surface area contributed by atoms with Crippen LogP contribution in [0.3, 0.4) is 0 Å². The van der Waals surface area contributed by atoms with Crippen LogP contribution in [0.4, 0.5) is 0 Å². The first-order valence-electron chi connectivity index (χ1n) is 5.30. The minimum atomic E-state index is 0.466. The van der Waals surface area contributed by atoms with Crippen LogP contribution < -0.4 is 5.32 Å². The van der Waals surface area contributed by atoms with E-state index in [1.807, 2.05) is 30.3 Å². The Morgan fingerprint density at radius 3 is 2.88 bits per heavy atom. The molecule has 0 unspecified atom stereocenters. The molecule has 16 heavy (non-hydrogen) atoms. The van der Waals surface area contributed by atoms with Gasteiger partial charge in [0.2, 0.25) is 0 Å². The molecule has 0 aliphatic carbocycles. The van der Waals surface area contributed by atoms with Gasteiger partial charge in [0.25, 0.3) is 0 Å². The molecule has 3 nitrogen and oxygen atoms in total. The van der Waals surface area contributed by atoms with Crippen molar-refractivity contribution >= 4 is 23.4 Å². The highest BCUT2D eigenvalue weighted by atomic mass is 32.1. The van der Waals surface area contributed by atoms with Crippen molar-refractivity contribution in [2.45, 2.75) is 20.0 Å². The van der Waals surface area contributed by atoms with Crippen LogP contribution in [0, 0.1) is 0 Å². The van der Waals surface area contributed by atoms with Gasteiger partial charge in [-0.1, -0.05) is 54.6 Å². The number of oxime groups is 1. The topological polar surface area (TPSA) is 33.6 Å². The number of nitrogens with zero attached hydrogens (tertiary/aromatic N) is 1. The van der Waals surface area contributed by atoms with Gasteiger partial charge in [0.1, 0.15) is 17.8 Å². The lowest BCUT2D eigenvalue weighted by atomic mass is 10.2. The van der Waals surface area contributed by atoms with Crippen LogP contribution in [-0.4, -0.2) is 17.7 Å². The number of thiocarbonyl (C=S) groups is 1. The van der Waals surface area contributed by atoms with Gasteiger partial charge in [-0.3, -0.25) is 0 Å². The quantitative estimate of drug-likeness (QED) is 0.468. The fourth-order valence-electron chi connectivity index (χ4n) is 1.07. The van der Waals surface area contributed by atoms with Crippen molar-refractivity contribution in [3.8, 4) is 0 Å². The molecule has 0 heterocycles. The molecular formula is C12H16N2OS. The number of hydrogen-bond acceptors (Lipinski definition) is 3. The molecule has 86 valence electrons. The molecule has 4 heteroatoms. The van der Waals surface area contributed by atoms with E-state index in [0.717, 1.165) is 18.5 Å². The Hall–Kier alpha value is -1.42. The normalized spacial score (nSPS) is 10.3. The summed E-state index contributed by atoms with van der Waals surface area (Å²) < 4.78 is 0. The predicted octanol–water partition coefficient (Wildman–Crippen LogP) is 2.52. The van der Waals surface area contributed by atoms with E-state index in [2.05, 4.69) is 17.4 Å². The van der Waals surface area contributed by atoms with Crippen molar-refractivity contribution in [3.05, 3.63) is 35.9 Å². The highest BCUT2D eigenvalue weighted by Gasteiger charge is 1.91. The minimum absolute atomic E-state index is 0.466. The summed E-state index contributed by atoms with van der Waals surface area (Å²) in [6.45, 7) is 3.41. The van der Waals surface area contributed by atoms with Crippen LogP contribution >= 0.6 is 12.2 Å². The molecule has 0 saturated heterocycles. The van der Waals surface area contributed by atoms with E-state index in [1.54, 1.807) is 0 Å². The van der Waals surface area contributed by atoms with Gasteiger partial charge in [0.15, 0.2) is 0 Å². The maximum atomic E-state index is 5.11. The lowest BCUT2D eigenvalue weighted by molar-refractivity contribution is 0.132. The molecule has 0 fully saturated rings. The van der Waals surface area contributed by atoms with E-state index in [9.17, 15) is 0 Å². The van der Waals surface area contributed by atoms with E-state index < -0.39 is 0 Å². The molecule has 1 aromatic rings. The molecule has 0 amide bonds. The van der Waals surface area contributed by atoms with Crippen molar-refractivity contribution in [2.24, 2.45) is 5.16 Å². The highest BCUT2D eigenvalue weighted by Crippen LogP contribution is 1.99. The molecular weight excluding hydrogens is 220 g/mol. The fourth-order valence-corrected chi connectivity index (χ4v) is 1.21. The number of nitrogens with one attached hydrogen (secondary N) is 1. The van der Waals surface area contributed by atoms with Crippen molar-refractivity contribution < 1.29 is 4.84 Å². The van der Waals surface area contributed by atoms with E-state index in [-0.39, 0.29) is 0 Å². The average molecular weight is 236 g/mol. The third-order valence-corrected chi connectivity index (χ3v) is 2.12. The lowest BCUT2D eigenvalue weighted by Gasteiger charge is -2.01. The highest BCUT2D eigenvalue weighted by molar-refractivity contribution is 7.81. The molecule has 1 N–H and O–H groups in total. The molecule has 0 radical (unpaired) electrons. The van der Waals surface area contributed by atoms with Gasteiger partial charge < -0.3 is 10.2 Å². The first-order chi connectivity index (χ1) is 7.83. The molecule has 1 aromatic carbocycles. The Labute approximate surface area is 101 Å². The van der Waals surface area contributed by atoms with Gasteiger partial charge in [0, 0.05) is 6.54 Å². The van der Waals surface area contributed by atoms with Crippen LogP contribution in [0.5, 0.6) is 0 Å². The Bertz CT molecular complexity index is 338. The Morgan fingerprint density at radius 2 is 2.19 bits per heavy atom. The predicted molar refractivity (Wildman–Crippen MR) is 70.6 cm³/mol. The molecule has 0 aromatic heterocycles. The van der Waals surface area contributed by atoms with Crippen molar-refractivity contribution in [1.82, 2.24) is 5.32 Å². The van der Waals surface area contributed by atoms with Gasteiger partial charge in [-0.15, -0.1) is 0 Å². The standard InChI is InChI=1S/C12H16N2OS/c1-2-8-13-12(16)9-14-15-10-11-6-4-3-5-7-11/h3-7,9H,2,8,10H2,1H3,(H,13,16)/b14-9+. The minimum Gasteiger partial charge on any atom is -0.391 e. The van der Waals surface area contributed by atoms with E-state index in [4.69, 9.17) is 17.1 Å². The van der Waals surface area contributed by atoms with Gasteiger partial charge in [0.05, 0.1) is 0 Å². The fraction of sp³-hybridized carbons (Fsp3) is 0.333. The van der Waals surface area contributed by atoms with Crippen LogP contribution in [0.25, 0.3) is 0 Å². The molecule has 0 aliphatic rings. The zero-order chi connectivity index (χ0) is 11.6. The summed E-state index contributed by atoms with van der Waals surface area (Å²) in [5.41, 5.74) is 1.09. The summed E-state index contributed by atoms with van der Waals surface area (Å²) in [6, 6.07) is 9.88.